The number of nitrogens with one attached hydrogen (secondary N) is 1. The van der Waals surface area contributed by atoms with Crippen molar-refractivity contribution in [2.45, 2.75) is 36.3 Å². The molecule has 5 rings (SSSR count). The van der Waals surface area contributed by atoms with E-state index in [1.54, 1.807) is 42.5 Å². The predicted molar refractivity (Wildman–Crippen MR) is 197 cm³/mol. The van der Waals surface area contributed by atoms with Gasteiger partial charge in [0.15, 0.2) is 11.5 Å². The number of hydrogen-bond donors (Lipinski definition) is 1. The summed E-state index contributed by atoms with van der Waals surface area (Å²) in [5.41, 5.74) is 4.85. The molecule has 1 aromatic heterocycles. The largest absolute Gasteiger partial charge is 0.493 e. The van der Waals surface area contributed by atoms with E-state index in [4.69, 9.17) is 25.5 Å². The molecule has 0 unspecified atom stereocenters. The maximum Gasteiger partial charge on any atom is 0.255 e. The van der Waals surface area contributed by atoms with Crippen LogP contribution in [0.4, 0.5) is 0 Å². The van der Waals surface area contributed by atoms with Gasteiger partial charge in [-0.05, 0) is 66.6 Å². The molecule has 0 atom stereocenters. The number of halogens is 1. The number of aryl methyl sites for hydroxylation is 1. The fourth-order valence-electron chi connectivity index (χ4n) is 5.10. The Morgan fingerprint density at radius 3 is 2.04 bits per heavy atom. The Kier molecular flexibility index (Phi) is 12.5. The summed E-state index contributed by atoms with van der Waals surface area (Å²) >= 11 is 6.00. The number of carbonyl (C=O) groups excluding carboxylic acids is 1. The minimum absolute atomic E-state index is 0.0783. The Morgan fingerprint density at radius 1 is 0.750 bits per heavy atom. The highest BCUT2D eigenvalue weighted by atomic mass is 35.5. The van der Waals surface area contributed by atoms with Gasteiger partial charge in [-0.25, -0.2) is 22.3 Å². The third kappa shape index (κ3) is 9.66. The fraction of sp³-hybridized carbons (Fsp3) is 0.189. The zero-order chi connectivity index (χ0) is 37.3. The van der Waals surface area contributed by atoms with Gasteiger partial charge in [-0.1, -0.05) is 71.8 Å². The number of sulfonamides is 2. The van der Waals surface area contributed by atoms with Gasteiger partial charge in [0.05, 0.1) is 43.3 Å². The zero-order valence-corrected chi connectivity index (χ0v) is 31.0. The van der Waals surface area contributed by atoms with E-state index in [1.807, 2.05) is 31.2 Å². The Morgan fingerprint density at radius 2 is 1.37 bits per heavy atom. The molecular formula is C37H37ClN4O8S2. The van der Waals surface area contributed by atoms with Crippen molar-refractivity contribution in [3.05, 3.63) is 142 Å². The van der Waals surface area contributed by atoms with Crippen LogP contribution >= 0.6 is 11.6 Å². The molecule has 0 saturated heterocycles. The van der Waals surface area contributed by atoms with E-state index in [2.05, 4.69) is 10.5 Å². The molecule has 0 saturated carbocycles. The van der Waals surface area contributed by atoms with Crippen LogP contribution in [0.5, 0.6) is 11.5 Å². The molecule has 0 aliphatic heterocycles. The first-order chi connectivity index (χ1) is 24.9. The smallest absolute Gasteiger partial charge is 0.255 e. The first-order valence-corrected chi connectivity index (χ1v) is 19.1. The molecule has 5 aromatic rings. The molecular weight excluding hydrogens is 728 g/mol. The Labute approximate surface area is 308 Å². The van der Waals surface area contributed by atoms with Gasteiger partial charge in [-0.15, -0.1) is 0 Å². The molecule has 0 spiro atoms. The molecule has 0 aliphatic rings. The number of furan rings is 1. The second-order valence-electron chi connectivity index (χ2n) is 11.6. The van der Waals surface area contributed by atoms with Gasteiger partial charge in [0, 0.05) is 24.2 Å². The van der Waals surface area contributed by atoms with E-state index in [9.17, 15) is 21.6 Å². The zero-order valence-electron chi connectivity index (χ0n) is 28.6. The van der Waals surface area contributed by atoms with Crippen molar-refractivity contribution in [2.75, 3.05) is 20.8 Å². The van der Waals surface area contributed by atoms with E-state index in [-0.39, 0.29) is 40.9 Å². The summed E-state index contributed by atoms with van der Waals surface area (Å²) < 4.78 is 73.7. The summed E-state index contributed by atoms with van der Waals surface area (Å²) in [6.07, 6.45) is 1.24. The molecule has 4 aromatic carbocycles. The summed E-state index contributed by atoms with van der Waals surface area (Å²) in [5.74, 6) is 0.421. The number of hydrogen-bond acceptors (Lipinski definition) is 9. The highest BCUT2D eigenvalue weighted by Crippen LogP contribution is 2.31. The van der Waals surface area contributed by atoms with E-state index in [0.717, 1.165) is 15.4 Å². The van der Waals surface area contributed by atoms with Crippen LogP contribution in [0.1, 0.15) is 28.2 Å². The summed E-state index contributed by atoms with van der Waals surface area (Å²) in [7, 11) is -5.31. The van der Waals surface area contributed by atoms with Gasteiger partial charge in [0.25, 0.3) is 5.91 Å². The maximum absolute atomic E-state index is 13.8. The van der Waals surface area contributed by atoms with Gasteiger partial charge < -0.3 is 13.9 Å². The first kappa shape index (κ1) is 38.2. The van der Waals surface area contributed by atoms with Gasteiger partial charge in [-0.2, -0.15) is 13.7 Å². The number of benzene rings is 4. The van der Waals surface area contributed by atoms with Gasteiger partial charge in [0.1, 0.15) is 11.5 Å². The van der Waals surface area contributed by atoms with Crippen molar-refractivity contribution in [1.29, 1.82) is 0 Å². The third-order valence-electron chi connectivity index (χ3n) is 7.84. The van der Waals surface area contributed by atoms with Crippen molar-refractivity contribution < 1.29 is 35.5 Å². The molecule has 272 valence electrons. The van der Waals surface area contributed by atoms with Crippen LogP contribution < -0.4 is 14.9 Å². The van der Waals surface area contributed by atoms with Gasteiger partial charge in [0.2, 0.25) is 20.0 Å². The second kappa shape index (κ2) is 17.0. The number of nitrogens with zero attached hydrogens (tertiary/aromatic N) is 3. The number of hydrazone groups is 1. The molecule has 12 nitrogen and oxygen atoms in total. The van der Waals surface area contributed by atoms with Crippen LogP contribution in [0.25, 0.3) is 0 Å². The Balaban J connectivity index is 1.30. The number of rotatable bonds is 16. The average molecular weight is 765 g/mol. The standard InChI is InChI=1S/C37H37ClN4O8S2/c1-27-9-11-29(12-10-27)24-41(51(44,45)33-17-13-30(38)14-18-33)25-32-16-15-31(50-32)22-39-40-37(43)26-42(23-28-7-5-4-6-8-28)52(46,47)34-19-20-35(48-2)36(21-34)49-3/h4-22H,23-26H2,1-3H3,(H,40,43)/b39-22-. The Bertz CT molecular complexity index is 2230. The lowest BCUT2D eigenvalue weighted by molar-refractivity contribution is -0.121. The molecule has 0 bridgehead atoms. The topological polar surface area (TPSA) is 148 Å². The van der Waals surface area contributed by atoms with Crippen molar-refractivity contribution in [1.82, 2.24) is 14.0 Å². The van der Waals surface area contributed by atoms with Crippen LogP contribution in [0.3, 0.4) is 0 Å². The van der Waals surface area contributed by atoms with Gasteiger partial charge >= 0.3 is 0 Å². The maximum atomic E-state index is 13.8. The fourth-order valence-corrected chi connectivity index (χ4v) is 8.02. The molecule has 15 heteroatoms. The van der Waals surface area contributed by atoms with E-state index >= 15 is 0 Å². The molecule has 1 N–H and O–H groups in total. The van der Waals surface area contributed by atoms with Crippen LogP contribution in [-0.2, 0) is 44.5 Å². The lowest BCUT2D eigenvalue weighted by Gasteiger charge is -2.22. The predicted octanol–water partition coefficient (Wildman–Crippen LogP) is 5.99. The minimum Gasteiger partial charge on any atom is -0.493 e. The SMILES string of the molecule is COc1ccc(S(=O)(=O)N(CC(=O)N/N=C\c2ccc(CN(Cc3ccc(C)cc3)S(=O)(=O)c3ccc(Cl)cc3)o2)Cc2ccccc2)cc1OC. The molecule has 0 aliphatic carbocycles. The van der Waals surface area contributed by atoms with Crippen LogP contribution in [0, 0.1) is 6.92 Å². The summed E-state index contributed by atoms with van der Waals surface area (Å²) in [4.78, 5) is 13.0. The molecule has 0 fully saturated rings. The lowest BCUT2D eigenvalue weighted by Crippen LogP contribution is -2.39. The number of amides is 1. The van der Waals surface area contributed by atoms with E-state index in [1.165, 1.54) is 67.2 Å². The number of carbonyl (C=O) groups is 1. The minimum atomic E-state index is -4.19. The van der Waals surface area contributed by atoms with Crippen LogP contribution in [-0.4, -0.2) is 58.3 Å². The third-order valence-corrected chi connectivity index (χ3v) is 11.7. The average Bonchev–Trinajstić information content (AvgIpc) is 3.59. The lowest BCUT2D eigenvalue weighted by atomic mass is 10.1. The second-order valence-corrected chi connectivity index (χ2v) is 15.9. The highest BCUT2D eigenvalue weighted by Gasteiger charge is 2.29. The van der Waals surface area contributed by atoms with Crippen LogP contribution in [0.2, 0.25) is 5.02 Å². The first-order valence-electron chi connectivity index (χ1n) is 15.9. The molecule has 0 radical (unpaired) electrons. The summed E-state index contributed by atoms with van der Waals surface area (Å²) in [6, 6.07) is 29.7. The highest BCUT2D eigenvalue weighted by molar-refractivity contribution is 7.89. The molecule has 1 heterocycles. The number of methoxy groups -OCH3 is 2. The number of ether oxygens (including phenoxy) is 2. The summed E-state index contributed by atoms with van der Waals surface area (Å²) in [5, 5.41) is 4.37. The van der Waals surface area contributed by atoms with E-state index < -0.39 is 32.5 Å². The van der Waals surface area contributed by atoms with Crippen molar-refractivity contribution >= 4 is 43.8 Å². The van der Waals surface area contributed by atoms with Gasteiger partial charge in [-0.3, -0.25) is 4.79 Å². The van der Waals surface area contributed by atoms with Crippen molar-refractivity contribution in [2.24, 2.45) is 5.10 Å². The monoisotopic (exact) mass is 764 g/mol. The summed E-state index contributed by atoms with van der Waals surface area (Å²) in [6.45, 7) is 1.29. The van der Waals surface area contributed by atoms with Crippen LogP contribution in [0.15, 0.2) is 129 Å². The molecule has 52 heavy (non-hydrogen) atoms. The molecule has 1 amide bonds. The van der Waals surface area contributed by atoms with Crippen molar-refractivity contribution in [3.8, 4) is 11.5 Å². The van der Waals surface area contributed by atoms with E-state index in [0.29, 0.717) is 22.1 Å². The Hall–Kier alpha value is -4.99. The van der Waals surface area contributed by atoms with Crippen molar-refractivity contribution in [3.63, 3.8) is 0 Å². The quantitative estimate of drug-likeness (QED) is 0.0952. The normalized spacial score (nSPS) is 12.0.